The molecule has 0 aliphatic carbocycles. The molecule has 1 heterocycles. The van der Waals surface area contributed by atoms with Gasteiger partial charge in [-0.05, 0) is 43.5 Å². The lowest BCUT2D eigenvalue weighted by Gasteiger charge is -2.36. The smallest absolute Gasteiger partial charge is 0.255 e. The molecule has 0 saturated carbocycles. The lowest BCUT2D eigenvalue weighted by Crippen LogP contribution is -2.47. The van der Waals surface area contributed by atoms with Crippen LogP contribution >= 0.6 is 0 Å². The van der Waals surface area contributed by atoms with Crippen molar-refractivity contribution in [2.45, 2.75) is 25.3 Å². The van der Waals surface area contributed by atoms with E-state index in [1.807, 2.05) is 0 Å². The molecular weight excluding hydrogens is 386 g/mol. The zero-order chi connectivity index (χ0) is 21.3. The molecule has 30 heavy (non-hydrogen) atoms. The standard InChI is InChI=1S/C23H25NO6/c1-28-16-30-22-11-6-9-19(20(22)14-26)23(27)24-12-5-4-8-18(24)15-29-21-10-3-2-7-17(21)13-25/h2-3,6-7,9-11,13-14,18H,4-5,8,12,15-16H2,1H3. The molecule has 1 amide bonds. The molecule has 0 spiro atoms. The van der Waals surface area contributed by atoms with Gasteiger partial charge in [0.15, 0.2) is 19.4 Å². The van der Waals surface area contributed by atoms with Crippen LogP contribution in [0.2, 0.25) is 0 Å². The van der Waals surface area contributed by atoms with Crippen molar-refractivity contribution >= 4 is 18.5 Å². The summed E-state index contributed by atoms with van der Waals surface area (Å²) in [5, 5.41) is 0. The Morgan fingerprint density at radius 3 is 2.60 bits per heavy atom. The van der Waals surface area contributed by atoms with Crippen LogP contribution in [-0.2, 0) is 4.74 Å². The van der Waals surface area contributed by atoms with Gasteiger partial charge in [0, 0.05) is 13.7 Å². The van der Waals surface area contributed by atoms with E-state index in [-0.39, 0.29) is 30.9 Å². The van der Waals surface area contributed by atoms with Crippen LogP contribution in [0.25, 0.3) is 0 Å². The van der Waals surface area contributed by atoms with E-state index in [4.69, 9.17) is 14.2 Å². The first kappa shape index (κ1) is 21.5. The molecule has 1 fully saturated rings. The zero-order valence-electron chi connectivity index (χ0n) is 16.9. The number of hydrogen-bond donors (Lipinski definition) is 0. The summed E-state index contributed by atoms with van der Waals surface area (Å²) in [6.45, 7) is 0.825. The summed E-state index contributed by atoms with van der Waals surface area (Å²) >= 11 is 0. The van der Waals surface area contributed by atoms with E-state index in [1.165, 1.54) is 7.11 Å². The minimum Gasteiger partial charge on any atom is -0.491 e. The molecule has 158 valence electrons. The minimum atomic E-state index is -0.239. The molecule has 7 heteroatoms. The van der Waals surface area contributed by atoms with Gasteiger partial charge in [0.25, 0.3) is 5.91 Å². The second kappa shape index (κ2) is 10.5. The van der Waals surface area contributed by atoms with E-state index in [1.54, 1.807) is 47.4 Å². The average Bonchev–Trinajstić information content (AvgIpc) is 2.80. The van der Waals surface area contributed by atoms with Crippen molar-refractivity contribution in [2.24, 2.45) is 0 Å². The van der Waals surface area contributed by atoms with Crippen molar-refractivity contribution in [3.63, 3.8) is 0 Å². The molecule has 7 nitrogen and oxygen atoms in total. The van der Waals surface area contributed by atoms with Gasteiger partial charge in [-0.2, -0.15) is 0 Å². The second-order valence-corrected chi connectivity index (χ2v) is 7.00. The fraction of sp³-hybridized carbons (Fsp3) is 0.348. The van der Waals surface area contributed by atoms with E-state index >= 15 is 0 Å². The predicted octanol–water partition coefficient (Wildman–Crippen LogP) is 3.37. The third-order valence-corrected chi connectivity index (χ3v) is 5.11. The summed E-state index contributed by atoms with van der Waals surface area (Å²) in [4.78, 5) is 38.0. The summed E-state index contributed by atoms with van der Waals surface area (Å²) in [5.41, 5.74) is 0.965. The molecule has 3 rings (SSSR count). The van der Waals surface area contributed by atoms with Gasteiger partial charge in [-0.15, -0.1) is 0 Å². The summed E-state index contributed by atoms with van der Waals surface area (Å²) < 4.78 is 16.2. The van der Waals surface area contributed by atoms with Crippen molar-refractivity contribution in [3.05, 3.63) is 59.2 Å². The number of methoxy groups -OCH3 is 1. The first-order valence-corrected chi connectivity index (χ1v) is 9.87. The summed E-state index contributed by atoms with van der Waals surface area (Å²) in [5.74, 6) is 0.563. The van der Waals surface area contributed by atoms with E-state index < -0.39 is 0 Å². The summed E-state index contributed by atoms with van der Waals surface area (Å²) in [6, 6.07) is 11.8. The number of aldehydes is 2. The van der Waals surface area contributed by atoms with Gasteiger partial charge >= 0.3 is 0 Å². The Hall–Kier alpha value is -3.19. The molecule has 0 aromatic heterocycles. The molecule has 2 aromatic carbocycles. The van der Waals surface area contributed by atoms with Crippen molar-refractivity contribution in [1.29, 1.82) is 0 Å². The maximum absolute atomic E-state index is 13.3. The number of likely N-dealkylation sites (tertiary alicyclic amines) is 1. The third kappa shape index (κ3) is 4.86. The highest BCUT2D eigenvalue weighted by atomic mass is 16.7. The van der Waals surface area contributed by atoms with Gasteiger partial charge in [0.1, 0.15) is 18.1 Å². The number of amides is 1. The summed E-state index contributed by atoms with van der Waals surface area (Å²) in [7, 11) is 1.48. The SMILES string of the molecule is COCOc1cccc(C(=O)N2CCCCC2COc2ccccc2C=O)c1C=O. The second-order valence-electron chi connectivity index (χ2n) is 7.00. The van der Waals surface area contributed by atoms with Gasteiger partial charge in [0.2, 0.25) is 0 Å². The molecule has 1 unspecified atom stereocenters. The maximum Gasteiger partial charge on any atom is 0.255 e. The van der Waals surface area contributed by atoms with E-state index in [9.17, 15) is 14.4 Å². The number of ether oxygens (including phenoxy) is 3. The number of benzene rings is 2. The van der Waals surface area contributed by atoms with Crippen LogP contribution in [0.5, 0.6) is 11.5 Å². The normalized spacial score (nSPS) is 16.0. The molecule has 0 radical (unpaired) electrons. The minimum absolute atomic E-state index is 0.0190. The van der Waals surface area contributed by atoms with Gasteiger partial charge in [-0.3, -0.25) is 14.4 Å². The Bertz CT molecular complexity index is 897. The predicted molar refractivity (Wildman–Crippen MR) is 110 cm³/mol. The first-order valence-electron chi connectivity index (χ1n) is 9.87. The number of piperidine rings is 1. The first-order chi connectivity index (χ1) is 14.7. The van der Waals surface area contributed by atoms with Crippen LogP contribution in [0, 0.1) is 0 Å². The van der Waals surface area contributed by atoms with E-state index in [0.717, 1.165) is 25.5 Å². The van der Waals surface area contributed by atoms with Crippen molar-refractivity contribution in [1.82, 2.24) is 4.90 Å². The van der Waals surface area contributed by atoms with Crippen LogP contribution in [-0.4, -0.2) is 56.5 Å². The highest BCUT2D eigenvalue weighted by Crippen LogP contribution is 2.26. The number of carbonyl (C=O) groups excluding carboxylic acids is 3. The highest BCUT2D eigenvalue weighted by molar-refractivity contribution is 6.03. The molecule has 0 bridgehead atoms. The van der Waals surface area contributed by atoms with Gasteiger partial charge in [-0.25, -0.2) is 0 Å². The Labute approximate surface area is 175 Å². The molecular formula is C23H25NO6. The zero-order valence-corrected chi connectivity index (χ0v) is 16.9. The number of rotatable bonds is 9. The van der Waals surface area contributed by atoms with Crippen molar-refractivity contribution in [2.75, 3.05) is 27.1 Å². The third-order valence-electron chi connectivity index (χ3n) is 5.11. The summed E-state index contributed by atoms with van der Waals surface area (Å²) in [6.07, 6.45) is 4.02. The molecule has 1 atom stereocenters. The monoisotopic (exact) mass is 411 g/mol. The molecule has 2 aromatic rings. The van der Waals surface area contributed by atoms with Gasteiger partial charge in [-0.1, -0.05) is 18.2 Å². The molecule has 1 saturated heterocycles. The fourth-order valence-corrected chi connectivity index (χ4v) is 3.59. The maximum atomic E-state index is 13.3. The van der Waals surface area contributed by atoms with Crippen LogP contribution in [0.15, 0.2) is 42.5 Å². The fourth-order valence-electron chi connectivity index (χ4n) is 3.59. The quantitative estimate of drug-likeness (QED) is 0.465. The number of para-hydroxylation sites is 1. The highest BCUT2D eigenvalue weighted by Gasteiger charge is 2.30. The molecule has 1 aliphatic rings. The topological polar surface area (TPSA) is 82.1 Å². The van der Waals surface area contributed by atoms with Gasteiger partial charge in [0.05, 0.1) is 22.7 Å². The van der Waals surface area contributed by atoms with Crippen LogP contribution in [0.1, 0.15) is 50.3 Å². The molecule has 0 N–H and O–H groups in total. The number of hydrogen-bond acceptors (Lipinski definition) is 6. The lowest BCUT2D eigenvalue weighted by molar-refractivity contribution is 0.0486. The number of nitrogens with zero attached hydrogens (tertiary/aromatic N) is 1. The Morgan fingerprint density at radius 1 is 1.03 bits per heavy atom. The van der Waals surface area contributed by atoms with Crippen molar-refractivity contribution in [3.8, 4) is 11.5 Å². The average molecular weight is 411 g/mol. The van der Waals surface area contributed by atoms with Crippen molar-refractivity contribution < 1.29 is 28.6 Å². The Balaban J connectivity index is 1.79. The van der Waals surface area contributed by atoms with Crippen LogP contribution in [0.3, 0.4) is 0 Å². The lowest BCUT2D eigenvalue weighted by atomic mass is 9.99. The van der Waals surface area contributed by atoms with E-state index in [2.05, 4.69) is 0 Å². The van der Waals surface area contributed by atoms with Gasteiger partial charge < -0.3 is 19.1 Å². The van der Waals surface area contributed by atoms with E-state index in [0.29, 0.717) is 35.5 Å². The Kier molecular flexibility index (Phi) is 7.57. The number of carbonyl (C=O) groups is 3. The molecule has 1 aliphatic heterocycles. The largest absolute Gasteiger partial charge is 0.491 e. The van der Waals surface area contributed by atoms with Crippen LogP contribution < -0.4 is 9.47 Å². The van der Waals surface area contributed by atoms with Crippen LogP contribution in [0.4, 0.5) is 0 Å². The Morgan fingerprint density at radius 2 is 1.83 bits per heavy atom.